The Hall–Kier alpha value is -0.0400. The molecule has 0 spiro atoms. The van der Waals surface area contributed by atoms with E-state index in [0.29, 0.717) is 10.8 Å². The maximum Gasteiger partial charge on any atom is 0.0782 e. The summed E-state index contributed by atoms with van der Waals surface area (Å²) in [5, 5.41) is 0. The molecule has 316 valence electrons. The fourth-order valence-corrected chi connectivity index (χ4v) is 7.21. The van der Waals surface area contributed by atoms with Crippen LogP contribution in [0.1, 0.15) is 266 Å². The predicted molar refractivity (Wildman–Crippen MR) is 244 cm³/mol. The molecular formula is C50H112N+. The van der Waals surface area contributed by atoms with Gasteiger partial charge in [0.25, 0.3) is 0 Å². The van der Waals surface area contributed by atoms with E-state index in [1.165, 1.54) is 159 Å². The zero-order valence-corrected chi connectivity index (χ0v) is 40.7. The van der Waals surface area contributed by atoms with Crippen LogP contribution in [0, 0.1) is 34.5 Å². The Bertz CT molecular complexity index is 580. The van der Waals surface area contributed by atoms with Gasteiger partial charge in [0.2, 0.25) is 0 Å². The van der Waals surface area contributed by atoms with Crippen molar-refractivity contribution in [3.05, 3.63) is 0 Å². The topological polar surface area (TPSA) is 0 Å². The highest BCUT2D eigenvalue weighted by Crippen LogP contribution is 2.24. The fraction of sp³-hybridized carbons (Fsp3) is 1.00. The Morgan fingerprint density at radius 2 is 0.667 bits per heavy atom. The van der Waals surface area contributed by atoms with Gasteiger partial charge in [-0.1, -0.05) is 227 Å². The summed E-state index contributed by atoms with van der Waals surface area (Å²) in [6.45, 7) is 43.3. The van der Waals surface area contributed by atoms with Crippen LogP contribution < -0.4 is 0 Å². The largest absolute Gasteiger partial charge is 0.328 e. The lowest BCUT2D eigenvalue weighted by molar-refractivity contribution is -0.890. The number of rotatable bonds is 25. The summed E-state index contributed by atoms with van der Waals surface area (Å²) in [5.74, 6) is 3.49. The fourth-order valence-electron chi connectivity index (χ4n) is 7.21. The van der Waals surface area contributed by atoms with E-state index in [9.17, 15) is 0 Å². The van der Waals surface area contributed by atoms with Gasteiger partial charge in [0.05, 0.1) is 27.2 Å². The summed E-state index contributed by atoms with van der Waals surface area (Å²) in [4.78, 5) is 0. The highest BCUT2D eigenvalue weighted by Gasteiger charge is 2.13. The van der Waals surface area contributed by atoms with Gasteiger partial charge in [-0.25, -0.2) is 0 Å². The van der Waals surface area contributed by atoms with Crippen molar-refractivity contribution in [2.75, 3.05) is 27.2 Å². The summed E-state index contributed by atoms with van der Waals surface area (Å²) in [6, 6.07) is 0. The van der Waals surface area contributed by atoms with E-state index in [2.05, 4.69) is 125 Å². The highest BCUT2D eigenvalue weighted by molar-refractivity contribution is 4.63. The summed E-state index contributed by atoms with van der Waals surface area (Å²) >= 11 is 0. The van der Waals surface area contributed by atoms with E-state index in [1.807, 2.05) is 13.8 Å². The van der Waals surface area contributed by atoms with Crippen molar-refractivity contribution in [1.82, 2.24) is 0 Å². The Labute approximate surface area is 331 Å². The van der Waals surface area contributed by atoms with Gasteiger partial charge in [-0.15, -0.1) is 0 Å². The third-order valence-electron chi connectivity index (χ3n) is 9.35. The molecule has 0 saturated carbocycles. The van der Waals surface area contributed by atoms with Crippen molar-refractivity contribution in [2.45, 2.75) is 266 Å². The molecule has 1 nitrogen and oxygen atoms in total. The van der Waals surface area contributed by atoms with Gasteiger partial charge in [0.15, 0.2) is 0 Å². The van der Waals surface area contributed by atoms with Crippen molar-refractivity contribution in [1.29, 1.82) is 0 Å². The predicted octanol–water partition coefficient (Wildman–Crippen LogP) is 18.4. The number of unbranched alkanes of at least 4 members (excludes halogenated alkanes) is 16. The van der Waals surface area contributed by atoms with E-state index in [1.54, 1.807) is 0 Å². The lowest BCUT2D eigenvalue weighted by Crippen LogP contribution is -2.41. The van der Waals surface area contributed by atoms with Crippen LogP contribution in [0.4, 0.5) is 0 Å². The molecule has 0 aromatic carbocycles. The van der Waals surface area contributed by atoms with E-state index < -0.39 is 0 Å². The van der Waals surface area contributed by atoms with Gasteiger partial charge in [0, 0.05) is 0 Å². The summed E-state index contributed by atoms with van der Waals surface area (Å²) in [5.41, 5.74) is 1.04. The Balaban J connectivity index is -0.000000220. The number of quaternary nitrogens is 1. The van der Waals surface area contributed by atoms with Gasteiger partial charge in [-0.2, -0.15) is 0 Å². The molecule has 0 fully saturated rings. The molecular weight excluding hydrogens is 615 g/mol. The smallest absolute Gasteiger partial charge is 0.0782 e. The highest BCUT2D eigenvalue weighted by atomic mass is 15.3. The molecule has 51 heavy (non-hydrogen) atoms. The quantitative estimate of drug-likeness (QED) is 0.0649. The van der Waals surface area contributed by atoms with Crippen molar-refractivity contribution >= 4 is 0 Å². The van der Waals surface area contributed by atoms with Crippen LogP contribution in [0.15, 0.2) is 0 Å². The van der Waals surface area contributed by atoms with Crippen LogP contribution in [-0.2, 0) is 0 Å². The van der Waals surface area contributed by atoms with Gasteiger partial charge in [-0.3, -0.25) is 0 Å². The average molecular weight is 727 g/mol. The standard InChI is InChI=1S/C24H52N.3C8H18.C2H6/c1-5-7-9-10-11-12-13-14-15-16-17-18-19-20-21-22-24-25(3,4)23-8-6-2;2*1-7(2)6-8(3,4)5;1-5-8(4)6-7(2)3;1-2/h5-24H2,1-4H3;2*7H,6H2,1-5H3;7-8H,5-6H2,1-4H3;1-2H3/q+1;;;;. The number of hydrogen-bond donors (Lipinski definition) is 0. The Morgan fingerprint density at radius 1 is 0.392 bits per heavy atom. The molecule has 1 unspecified atom stereocenters. The Morgan fingerprint density at radius 3 is 0.863 bits per heavy atom. The molecule has 0 aliphatic rings. The summed E-state index contributed by atoms with van der Waals surface area (Å²) < 4.78 is 1.23. The van der Waals surface area contributed by atoms with Gasteiger partial charge in [-0.05, 0) is 73.0 Å². The molecule has 0 radical (unpaired) electrons. The van der Waals surface area contributed by atoms with Crippen LogP contribution in [0.5, 0.6) is 0 Å². The molecule has 0 aliphatic carbocycles. The van der Waals surface area contributed by atoms with Crippen LogP contribution in [0.3, 0.4) is 0 Å². The number of nitrogens with zero attached hydrogens (tertiary/aromatic N) is 1. The first kappa shape index (κ1) is 60.2. The second kappa shape index (κ2) is 41.1. The van der Waals surface area contributed by atoms with Gasteiger partial charge in [0.1, 0.15) is 0 Å². The number of hydrogen-bond acceptors (Lipinski definition) is 0. The van der Waals surface area contributed by atoms with E-state index in [4.69, 9.17) is 0 Å². The first-order valence-electron chi connectivity index (χ1n) is 23.4. The Kier molecular flexibility index (Phi) is 48.6. The van der Waals surface area contributed by atoms with Crippen LogP contribution in [-0.4, -0.2) is 31.7 Å². The second-order valence-electron chi connectivity index (χ2n) is 20.5. The van der Waals surface area contributed by atoms with Gasteiger partial charge < -0.3 is 4.48 Å². The molecule has 0 aliphatic heterocycles. The second-order valence-corrected chi connectivity index (χ2v) is 20.5. The third kappa shape index (κ3) is 72.0. The molecule has 0 bridgehead atoms. The molecule has 0 rings (SSSR count). The minimum absolute atomic E-state index is 0.522. The first-order chi connectivity index (χ1) is 23.6. The molecule has 0 heterocycles. The van der Waals surface area contributed by atoms with Crippen LogP contribution >= 0.6 is 0 Å². The third-order valence-corrected chi connectivity index (χ3v) is 9.35. The summed E-state index contributed by atoms with van der Waals surface area (Å²) in [7, 11) is 4.81. The molecule has 1 heteroatoms. The van der Waals surface area contributed by atoms with Crippen molar-refractivity contribution < 1.29 is 4.48 Å². The van der Waals surface area contributed by atoms with Crippen molar-refractivity contribution in [3.8, 4) is 0 Å². The minimum atomic E-state index is 0.522. The van der Waals surface area contributed by atoms with E-state index in [-0.39, 0.29) is 0 Å². The summed E-state index contributed by atoms with van der Waals surface area (Å²) in [6.07, 6.45) is 31.5. The van der Waals surface area contributed by atoms with Crippen molar-refractivity contribution in [3.63, 3.8) is 0 Å². The van der Waals surface area contributed by atoms with Crippen LogP contribution in [0.25, 0.3) is 0 Å². The lowest BCUT2D eigenvalue weighted by atomic mass is 9.86. The molecule has 1 atom stereocenters. The molecule has 0 aromatic heterocycles. The zero-order chi connectivity index (χ0) is 40.8. The maximum atomic E-state index is 2.40. The van der Waals surface area contributed by atoms with E-state index >= 15 is 0 Å². The monoisotopic (exact) mass is 727 g/mol. The van der Waals surface area contributed by atoms with Crippen LogP contribution in [0.2, 0.25) is 0 Å². The minimum Gasteiger partial charge on any atom is -0.328 e. The van der Waals surface area contributed by atoms with Gasteiger partial charge >= 0.3 is 0 Å². The maximum absolute atomic E-state index is 2.40. The molecule has 0 aromatic rings. The molecule has 0 saturated heterocycles. The molecule has 0 amide bonds. The lowest BCUT2D eigenvalue weighted by Gasteiger charge is -2.29. The first-order valence-corrected chi connectivity index (χ1v) is 23.4. The zero-order valence-electron chi connectivity index (χ0n) is 40.7. The molecule has 0 N–H and O–H groups in total. The van der Waals surface area contributed by atoms with E-state index in [0.717, 1.165) is 23.7 Å². The SMILES string of the molecule is CC.CC(C)CC(C)(C)C.CC(C)CC(C)(C)C.CCC(C)CC(C)C.CCCCCCCCCCCCCCCCCC[N+](C)(C)CCCC. The van der Waals surface area contributed by atoms with Crippen molar-refractivity contribution in [2.24, 2.45) is 34.5 Å². The average Bonchev–Trinajstić information content (AvgIpc) is 2.99. The normalized spacial score (nSPS) is 12.3.